The van der Waals surface area contributed by atoms with E-state index in [0.29, 0.717) is 6.54 Å². The standard InChI is InChI=1S/C14H14N4/c1-3-8-15-14-13-9-16-10(2)18(13)12-7-5-4-6-11(12)17-14/h3-7,9H,1,8H2,2H3,(H,15,17). The Morgan fingerprint density at radius 1 is 1.33 bits per heavy atom. The van der Waals surface area contributed by atoms with Gasteiger partial charge in [0.25, 0.3) is 0 Å². The van der Waals surface area contributed by atoms with Gasteiger partial charge in [0, 0.05) is 6.54 Å². The zero-order chi connectivity index (χ0) is 12.5. The molecule has 0 fully saturated rings. The summed E-state index contributed by atoms with van der Waals surface area (Å²) in [6, 6.07) is 8.07. The molecule has 0 saturated carbocycles. The normalized spacial score (nSPS) is 10.9. The molecule has 1 aromatic carbocycles. The van der Waals surface area contributed by atoms with Gasteiger partial charge in [-0.25, -0.2) is 9.97 Å². The highest BCUT2D eigenvalue weighted by Gasteiger charge is 2.09. The van der Waals surface area contributed by atoms with Gasteiger partial charge in [-0.3, -0.25) is 4.40 Å². The van der Waals surface area contributed by atoms with Gasteiger partial charge in [0.1, 0.15) is 11.3 Å². The second kappa shape index (κ2) is 4.14. The van der Waals surface area contributed by atoms with Gasteiger partial charge < -0.3 is 5.32 Å². The summed E-state index contributed by atoms with van der Waals surface area (Å²) in [6.45, 7) is 6.39. The number of rotatable bonds is 3. The maximum Gasteiger partial charge on any atom is 0.153 e. The highest BCUT2D eigenvalue weighted by molar-refractivity contribution is 5.84. The van der Waals surface area contributed by atoms with Crippen LogP contribution in [0.1, 0.15) is 5.82 Å². The molecule has 0 bridgehead atoms. The minimum Gasteiger partial charge on any atom is -0.365 e. The van der Waals surface area contributed by atoms with Crippen molar-refractivity contribution in [3.8, 4) is 0 Å². The van der Waals surface area contributed by atoms with Gasteiger partial charge >= 0.3 is 0 Å². The SMILES string of the molecule is C=CCNc1nc2ccccc2n2c(C)ncc12. The molecule has 0 aliphatic carbocycles. The van der Waals surface area contributed by atoms with Crippen LogP contribution in [0.3, 0.4) is 0 Å². The molecule has 0 spiro atoms. The summed E-state index contributed by atoms with van der Waals surface area (Å²) in [7, 11) is 0. The molecular weight excluding hydrogens is 224 g/mol. The van der Waals surface area contributed by atoms with Crippen LogP contribution in [0.4, 0.5) is 5.82 Å². The quantitative estimate of drug-likeness (QED) is 0.713. The van der Waals surface area contributed by atoms with Gasteiger partial charge in [0.05, 0.1) is 17.2 Å². The number of hydrogen-bond acceptors (Lipinski definition) is 3. The topological polar surface area (TPSA) is 42.2 Å². The fourth-order valence-electron chi connectivity index (χ4n) is 2.14. The number of benzene rings is 1. The summed E-state index contributed by atoms with van der Waals surface area (Å²) in [5, 5.41) is 3.25. The molecule has 4 heteroatoms. The highest BCUT2D eigenvalue weighted by atomic mass is 15.1. The summed E-state index contributed by atoms with van der Waals surface area (Å²) in [5.74, 6) is 1.81. The third-order valence-corrected chi connectivity index (χ3v) is 2.95. The van der Waals surface area contributed by atoms with Gasteiger partial charge in [-0.15, -0.1) is 6.58 Å². The van der Waals surface area contributed by atoms with E-state index in [9.17, 15) is 0 Å². The molecule has 2 heterocycles. The number of fused-ring (bicyclic) bond motifs is 3. The van der Waals surface area contributed by atoms with Gasteiger partial charge in [0.15, 0.2) is 5.82 Å². The highest BCUT2D eigenvalue weighted by Crippen LogP contribution is 2.22. The molecule has 2 aromatic heterocycles. The molecule has 0 unspecified atom stereocenters. The minimum atomic E-state index is 0.686. The van der Waals surface area contributed by atoms with Crippen LogP contribution < -0.4 is 5.32 Å². The van der Waals surface area contributed by atoms with Crippen molar-refractivity contribution in [1.29, 1.82) is 0 Å². The number of anilines is 1. The average Bonchev–Trinajstić information content (AvgIpc) is 2.79. The third-order valence-electron chi connectivity index (χ3n) is 2.95. The molecule has 0 atom stereocenters. The molecule has 0 amide bonds. The van der Waals surface area contributed by atoms with Crippen LogP contribution >= 0.6 is 0 Å². The monoisotopic (exact) mass is 238 g/mol. The second-order valence-corrected chi connectivity index (χ2v) is 4.14. The number of nitrogens with one attached hydrogen (secondary N) is 1. The first-order valence-corrected chi connectivity index (χ1v) is 5.89. The maximum absolute atomic E-state index is 4.63. The maximum atomic E-state index is 4.63. The van der Waals surface area contributed by atoms with Crippen molar-refractivity contribution in [3.63, 3.8) is 0 Å². The smallest absolute Gasteiger partial charge is 0.153 e. The molecule has 0 aliphatic heterocycles. The fraction of sp³-hybridized carbons (Fsp3) is 0.143. The first-order valence-electron chi connectivity index (χ1n) is 5.89. The summed E-state index contributed by atoms with van der Waals surface area (Å²) >= 11 is 0. The molecule has 1 N–H and O–H groups in total. The Labute approximate surface area is 105 Å². The molecule has 0 radical (unpaired) electrons. The first kappa shape index (κ1) is 10.8. The number of para-hydroxylation sites is 2. The average molecular weight is 238 g/mol. The lowest BCUT2D eigenvalue weighted by atomic mass is 10.3. The van der Waals surface area contributed by atoms with Crippen molar-refractivity contribution in [2.24, 2.45) is 0 Å². The van der Waals surface area contributed by atoms with E-state index in [2.05, 4.69) is 32.3 Å². The fourth-order valence-corrected chi connectivity index (χ4v) is 2.14. The molecule has 90 valence electrons. The Hall–Kier alpha value is -2.36. The van der Waals surface area contributed by atoms with Crippen LogP contribution in [0, 0.1) is 6.92 Å². The summed E-state index contributed by atoms with van der Waals surface area (Å²) in [4.78, 5) is 9.01. The van der Waals surface area contributed by atoms with Crippen LogP contribution in [-0.4, -0.2) is 20.9 Å². The van der Waals surface area contributed by atoms with E-state index in [4.69, 9.17) is 0 Å². The van der Waals surface area contributed by atoms with Gasteiger partial charge in [-0.1, -0.05) is 18.2 Å². The first-order chi connectivity index (χ1) is 8.81. The molecule has 0 aliphatic rings. The Morgan fingerprint density at radius 2 is 2.17 bits per heavy atom. The lowest BCUT2D eigenvalue weighted by molar-refractivity contribution is 1.07. The number of aryl methyl sites for hydroxylation is 1. The van der Waals surface area contributed by atoms with E-state index in [0.717, 1.165) is 28.2 Å². The Balaban J connectivity index is 2.37. The van der Waals surface area contributed by atoms with Crippen LogP contribution in [-0.2, 0) is 0 Å². The molecule has 3 aromatic rings. The van der Waals surface area contributed by atoms with E-state index in [1.165, 1.54) is 0 Å². The van der Waals surface area contributed by atoms with Crippen LogP contribution in [0.15, 0.2) is 43.1 Å². The van der Waals surface area contributed by atoms with Crippen molar-refractivity contribution < 1.29 is 0 Å². The van der Waals surface area contributed by atoms with Crippen molar-refractivity contribution >= 4 is 22.4 Å². The summed E-state index contributed by atoms with van der Waals surface area (Å²) < 4.78 is 2.12. The zero-order valence-electron chi connectivity index (χ0n) is 10.2. The van der Waals surface area contributed by atoms with E-state index in [-0.39, 0.29) is 0 Å². The van der Waals surface area contributed by atoms with Crippen LogP contribution in [0.2, 0.25) is 0 Å². The predicted octanol–water partition coefficient (Wildman–Crippen LogP) is 2.79. The molecule has 0 saturated heterocycles. The number of imidazole rings is 1. The Bertz CT molecular complexity index is 727. The Morgan fingerprint density at radius 3 is 3.00 bits per heavy atom. The zero-order valence-corrected chi connectivity index (χ0v) is 10.2. The Kier molecular flexibility index (Phi) is 2.48. The molecule has 18 heavy (non-hydrogen) atoms. The minimum absolute atomic E-state index is 0.686. The largest absolute Gasteiger partial charge is 0.365 e. The molecular formula is C14H14N4. The second-order valence-electron chi connectivity index (χ2n) is 4.14. The molecule has 3 rings (SSSR count). The lowest BCUT2D eigenvalue weighted by Crippen LogP contribution is -2.04. The van der Waals surface area contributed by atoms with Crippen molar-refractivity contribution in [1.82, 2.24) is 14.4 Å². The lowest BCUT2D eigenvalue weighted by Gasteiger charge is -2.09. The van der Waals surface area contributed by atoms with Crippen LogP contribution in [0.25, 0.3) is 16.6 Å². The van der Waals surface area contributed by atoms with Crippen molar-refractivity contribution in [2.45, 2.75) is 6.92 Å². The third kappa shape index (κ3) is 1.54. The van der Waals surface area contributed by atoms with Gasteiger partial charge in [-0.2, -0.15) is 0 Å². The van der Waals surface area contributed by atoms with Crippen molar-refractivity contribution in [3.05, 3.63) is 48.9 Å². The number of nitrogens with zero attached hydrogens (tertiary/aromatic N) is 3. The van der Waals surface area contributed by atoms with Gasteiger partial charge in [0.2, 0.25) is 0 Å². The number of aromatic nitrogens is 3. The van der Waals surface area contributed by atoms with E-state index >= 15 is 0 Å². The van der Waals surface area contributed by atoms with Crippen molar-refractivity contribution in [2.75, 3.05) is 11.9 Å². The van der Waals surface area contributed by atoms with E-state index in [1.54, 1.807) is 0 Å². The van der Waals surface area contributed by atoms with Crippen LogP contribution in [0.5, 0.6) is 0 Å². The number of hydrogen-bond donors (Lipinski definition) is 1. The summed E-state index contributed by atoms with van der Waals surface area (Å²) in [6.07, 6.45) is 3.66. The van der Waals surface area contributed by atoms with E-state index in [1.807, 2.05) is 37.4 Å². The van der Waals surface area contributed by atoms with E-state index < -0.39 is 0 Å². The summed E-state index contributed by atoms with van der Waals surface area (Å²) in [5.41, 5.74) is 3.03. The predicted molar refractivity (Wildman–Crippen MR) is 73.9 cm³/mol. The molecule has 4 nitrogen and oxygen atoms in total. The van der Waals surface area contributed by atoms with Gasteiger partial charge in [-0.05, 0) is 19.1 Å².